The standard InChI is InChI=1S/C11H28N2O3Si/c1-5-14-17(15-6-2,16-7-3)10-11(4)13-9-8-12/h11,13H,5-10,12H2,1-4H3. The van der Waals surface area contributed by atoms with Crippen molar-refractivity contribution < 1.29 is 13.3 Å². The van der Waals surface area contributed by atoms with Gasteiger partial charge in [0.05, 0.1) is 0 Å². The third kappa shape index (κ3) is 7.12. The molecule has 0 aliphatic rings. The Kier molecular flexibility index (Phi) is 10.00. The first kappa shape index (κ1) is 17.0. The summed E-state index contributed by atoms with van der Waals surface area (Å²) in [6.07, 6.45) is 0. The van der Waals surface area contributed by atoms with E-state index in [1.165, 1.54) is 0 Å². The molecule has 0 aromatic carbocycles. The zero-order valence-electron chi connectivity index (χ0n) is 11.6. The monoisotopic (exact) mass is 264 g/mol. The highest BCUT2D eigenvalue weighted by atomic mass is 28.4. The normalized spacial score (nSPS) is 13.9. The summed E-state index contributed by atoms with van der Waals surface area (Å²) in [6, 6.07) is 1.07. The van der Waals surface area contributed by atoms with E-state index in [-0.39, 0.29) is 6.04 Å². The van der Waals surface area contributed by atoms with Gasteiger partial charge < -0.3 is 24.3 Å². The quantitative estimate of drug-likeness (QED) is 0.544. The lowest BCUT2D eigenvalue weighted by Gasteiger charge is -2.30. The summed E-state index contributed by atoms with van der Waals surface area (Å²) in [5.74, 6) is 0. The van der Waals surface area contributed by atoms with Crippen molar-refractivity contribution in [2.24, 2.45) is 5.73 Å². The fraction of sp³-hybridized carbons (Fsp3) is 1.00. The summed E-state index contributed by atoms with van der Waals surface area (Å²) in [5.41, 5.74) is 5.47. The summed E-state index contributed by atoms with van der Waals surface area (Å²) < 4.78 is 17.4. The summed E-state index contributed by atoms with van der Waals surface area (Å²) in [7, 11) is -2.51. The van der Waals surface area contributed by atoms with Gasteiger partial charge in [-0.2, -0.15) is 0 Å². The number of hydrogen-bond donors (Lipinski definition) is 2. The van der Waals surface area contributed by atoms with E-state index in [4.69, 9.17) is 19.0 Å². The van der Waals surface area contributed by atoms with Crippen molar-refractivity contribution in [2.75, 3.05) is 32.9 Å². The van der Waals surface area contributed by atoms with E-state index in [1.807, 2.05) is 20.8 Å². The molecule has 0 aromatic heterocycles. The van der Waals surface area contributed by atoms with Crippen LogP contribution in [-0.4, -0.2) is 47.8 Å². The van der Waals surface area contributed by atoms with Gasteiger partial charge in [0.15, 0.2) is 0 Å². The van der Waals surface area contributed by atoms with Crippen molar-refractivity contribution in [2.45, 2.75) is 39.8 Å². The number of hydrogen-bond acceptors (Lipinski definition) is 5. The van der Waals surface area contributed by atoms with Crippen molar-refractivity contribution in [3.63, 3.8) is 0 Å². The predicted molar refractivity (Wildman–Crippen MR) is 72.0 cm³/mol. The molecule has 104 valence electrons. The maximum absolute atomic E-state index is 5.78. The second-order valence-corrected chi connectivity index (χ2v) is 6.47. The van der Waals surface area contributed by atoms with Crippen LogP contribution in [0.3, 0.4) is 0 Å². The smallest absolute Gasteiger partial charge is 0.374 e. The molecule has 0 fully saturated rings. The maximum atomic E-state index is 5.78. The van der Waals surface area contributed by atoms with E-state index in [0.29, 0.717) is 26.4 Å². The van der Waals surface area contributed by atoms with Crippen LogP contribution in [0.15, 0.2) is 0 Å². The molecule has 1 unspecified atom stereocenters. The van der Waals surface area contributed by atoms with Crippen LogP contribution in [0.2, 0.25) is 6.04 Å². The van der Waals surface area contributed by atoms with E-state index >= 15 is 0 Å². The van der Waals surface area contributed by atoms with Gasteiger partial charge in [0.25, 0.3) is 0 Å². The SMILES string of the molecule is CCO[Si](CC(C)NCCN)(OCC)OCC. The van der Waals surface area contributed by atoms with Crippen molar-refractivity contribution in [3.05, 3.63) is 0 Å². The molecule has 1 atom stereocenters. The Morgan fingerprint density at radius 1 is 1.06 bits per heavy atom. The Balaban J connectivity index is 4.40. The molecule has 0 saturated carbocycles. The average molecular weight is 264 g/mol. The lowest BCUT2D eigenvalue weighted by Crippen LogP contribution is -2.50. The number of nitrogens with two attached hydrogens (primary N) is 1. The molecular weight excluding hydrogens is 236 g/mol. The van der Waals surface area contributed by atoms with E-state index in [0.717, 1.165) is 12.6 Å². The summed E-state index contributed by atoms with van der Waals surface area (Å²) >= 11 is 0. The molecule has 0 radical (unpaired) electrons. The third-order valence-corrected chi connectivity index (χ3v) is 5.58. The minimum Gasteiger partial charge on any atom is -0.374 e. The van der Waals surface area contributed by atoms with Crippen LogP contribution < -0.4 is 11.1 Å². The van der Waals surface area contributed by atoms with Crippen molar-refractivity contribution in [3.8, 4) is 0 Å². The lowest BCUT2D eigenvalue weighted by atomic mass is 10.4. The zero-order chi connectivity index (χ0) is 13.1. The van der Waals surface area contributed by atoms with Crippen LogP contribution in [-0.2, 0) is 13.3 Å². The molecule has 0 saturated heterocycles. The summed E-state index contributed by atoms with van der Waals surface area (Å²) in [4.78, 5) is 0. The fourth-order valence-electron chi connectivity index (χ4n) is 1.74. The predicted octanol–water partition coefficient (Wildman–Crippen LogP) is 0.972. The molecule has 3 N–H and O–H groups in total. The fourth-order valence-corrected chi connectivity index (χ4v) is 4.56. The van der Waals surface area contributed by atoms with Crippen LogP contribution in [0.1, 0.15) is 27.7 Å². The second kappa shape index (κ2) is 9.99. The Bertz CT molecular complexity index is 167. The van der Waals surface area contributed by atoms with Crippen molar-refractivity contribution in [1.29, 1.82) is 0 Å². The van der Waals surface area contributed by atoms with Crippen LogP contribution in [0.5, 0.6) is 0 Å². The molecule has 17 heavy (non-hydrogen) atoms. The Labute approximate surface area is 106 Å². The van der Waals surface area contributed by atoms with Crippen LogP contribution in [0.4, 0.5) is 0 Å². The molecular formula is C11H28N2O3Si. The van der Waals surface area contributed by atoms with Gasteiger partial charge in [-0.3, -0.25) is 0 Å². The van der Waals surface area contributed by atoms with Gasteiger partial charge in [0.1, 0.15) is 0 Å². The van der Waals surface area contributed by atoms with E-state index in [1.54, 1.807) is 0 Å². The van der Waals surface area contributed by atoms with Gasteiger partial charge in [-0.25, -0.2) is 0 Å². The molecule has 5 nitrogen and oxygen atoms in total. The average Bonchev–Trinajstić information content (AvgIpc) is 2.27. The Morgan fingerprint density at radius 3 is 1.88 bits per heavy atom. The topological polar surface area (TPSA) is 65.7 Å². The first-order chi connectivity index (χ1) is 8.14. The van der Waals surface area contributed by atoms with Gasteiger partial charge >= 0.3 is 8.80 Å². The highest BCUT2D eigenvalue weighted by molar-refractivity contribution is 6.60. The van der Waals surface area contributed by atoms with Gasteiger partial charge in [0.2, 0.25) is 0 Å². The molecule has 6 heteroatoms. The first-order valence-corrected chi connectivity index (χ1v) is 8.42. The van der Waals surface area contributed by atoms with Gasteiger partial charge in [-0.05, 0) is 27.7 Å². The molecule has 0 aromatic rings. The number of nitrogens with one attached hydrogen (secondary N) is 1. The molecule has 0 spiro atoms. The molecule has 0 aliphatic heterocycles. The number of rotatable bonds is 11. The Morgan fingerprint density at radius 2 is 1.53 bits per heavy atom. The molecule has 0 bridgehead atoms. The van der Waals surface area contributed by atoms with Crippen LogP contribution in [0, 0.1) is 0 Å². The van der Waals surface area contributed by atoms with Crippen LogP contribution in [0.25, 0.3) is 0 Å². The molecule has 0 heterocycles. The van der Waals surface area contributed by atoms with Crippen molar-refractivity contribution >= 4 is 8.80 Å². The molecule has 0 amide bonds. The Hall–Kier alpha value is 0.0169. The highest BCUT2D eigenvalue weighted by Crippen LogP contribution is 2.18. The first-order valence-electron chi connectivity index (χ1n) is 6.49. The van der Waals surface area contributed by atoms with E-state index < -0.39 is 8.80 Å². The minimum absolute atomic E-state index is 0.287. The van der Waals surface area contributed by atoms with Crippen molar-refractivity contribution in [1.82, 2.24) is 5.32 Å². The van der Waals surface area contributed by atoms with Gasteiger partial charge in [-0.15, -0.1) is 0 Å². The minimum atomic E-state index is -2.51. The molecule has 0 rings (SSSR count). The highest BCUT2D eigenvalue weighted by Gasteiger charge is 2.41. The maximum Gasteiger partial charge on any atom is 0.502 e. The second-order valence-electron chi connectivity index (χ2n) is 3.83. The largest absolute Gasteiger partial charge is 0.502 e. The zero-order valence-corrected chi connectivity index (χ0v) is 12.6. The van der Waals surface area contributed by atoms with Gasteiger partial charge in [-0.1, -0.05) is 0 Å². The molecule has 0 aliphatic carbocycles. The summed E-state index contributed by atoms with van der Waals surface area (Å²) in [6.45, 7) is 11.3. The summed E-state index contributed by atoms with van der Waals surface area (Å²) in [5, 5.41) is 3.33. The van der Waals surface area contributed by atoms with Crippen LogP contribution >= 0.6 is 0 Å². The lowest BCUT2D eigenvalue weighted by molar-refractivity contribution is 0.0691. The van der Waals surface area contributed by atoms with Gasteiger partial charge in [0, 0.05) is 45.0 Å². The van der Waals surface area contributed by atoms with E-state index in [2.05, 4.69) is 12.2 Å². The van der Waals surface area contributed by atoms with E-state index in [9.17, 15) is 0 Å². The third-order valence-electron chi connectivity index (χ3n) is 2.29.